The lowest BCUT2D eigenvalue weighted by atomic mass is 9.98. The zero-order chi connectivity index (χ0) is 20.6. The van der Waals surface area contributed by atoms with E-state index in [0.717, 1.165) is 23.1 Å². The Morgan fingerprint density at radius 3 is 2.14 bits per heavy atom. The van der Waals surface area contributed by atoms with Crippen LogP contribution in [-0.2, 0) is 0 Å². The molecule has 3 aromatic rings. The van der Waals surface area contributed by atoms with Crippen LogP contribution in [0.15, 0.2) is 53.0 Å². The van der Waals surface area contributed by atoms with Gasteiger partial charge in [0, 0.05) is 11.0 Å². The highest BCUT2D eigenvalue weighted by atomic mass is 79.9. The number of unbranched alkanes of at least 4 members (excludes halogenated alkanes) is 4. The Morgan fingerprint density at radius 2 is 1.48 bits per heavy atom. The third-order valence-corrected chi connectivity index (χ3v) is 6.46. The van der Waals surface area contributed by atoms with Crippen LogP contribution in [0.2, 0.25) is 0 Å². The van der Waals surface area contributed by atoms with Crippen molar-refractivity contribution in [1.29, 1.82) is 0 Å². The maximum absolute atomic E-state index is 11.0. The molecule has 0 saturated heterocycles. The second-order valence-corrected chi connectivity index (χ2v) is 8.97. The standard InChI is InChI=1S/C26H34BrNO/c1-3-5-9-15-28(16-10-6-4-2)19-26(29)21-14-13-20-18-25(27)23-12-8-7-11-22(23)24(20)17-21/h7-8,11-14,17-18,26,29H,3-6,9-10,15-16,19H2,1-2H3/t26-/m0/s1. The van der Waals surface area contributed by atoms with Crippen molar-refractivity contribution < 1.29 is 5.11 Å². The quantitative estimate of drug-likeness (QED) is 0.239. The van der Waals surface area contributed by atoms with Crippen LogP contribution in [-0.4, -0.2) is 29.6 Å². The number of fused-ring (bicyclic) bond motifs is 3. The molecule has 156 valence electrons. The van der Waals surface area contributed by atoms with E-state index < -0.39 is 6.10 Å². The predicted octanol–water partition coefficient (Wildman–Crippen LogP) is 7.47. The van der Waals surface area contributed by atoms with Gasteiger partial charge in [0.15, 0.2) is 0 Å². The molecule has 2 nitrogen and oxygen atoms in total. The molecule has 0 unspecified atom stereocenters. The molecule has 0 fully saturated rings. The van der Waals surface area contributed by atoms with Crippen LogP contribution in [0.4, 0.5) is 0 Å². The lowest BCUT2D eigenvalue weighted by Gasteiger charge is -2.25. The lowest BCUT2D eigenvalue weighted by Crippen LogP contribution is -2.30. The molecule has 0 aliphatic heterocycles. The number of hydrogen-bond acceptors (Lipinski definition) is 2. The number of nitrogens with zero attached hydrogens (tertiary/aromatic N) is 1. The first-order chi connectivity index (χ1) is 14.1. The SMILES string of the molecule is CCCCCN(CCCCC)C[C@H](O)c1ccc2cc(Br)c3ccccc3c2c1. The molecule has 0 bridgehead atoms. The lowest BCUT2D eigenvalue weighted by molar-refractivity contribution is 0.110. The van der Waals surface area contributed by atoms with Gasteiger partial charge < -0.3 is 10.0 Å². The number of aliphatic hydroxyl groups excluding tert-OH is 1. The van der Waals surface area contributed by atoms with Crippen LogP contribution in [0.1, 0.15) is 64.0 Å². The number of benzene rings is 3. The fraction of sp³-hybridized carbons (Fsp3) is 0.462. The highest BCUT2D eigenvalue weighted by molar-refractivity contribution is 9.10. The van der Waals surface area contributed by atoms with Crippen molar-refractivity contribution in [2.75, 3.05) is 19.6 Å². The van der Waals surface area contributed by atoms with Gasteiger partial charge in [-0.3, -0.25) is 0 Å². The van der Waals surface area contributed by atoms with Gasteiger partial charge in [0.2, 0.25) is 0 Å². The van der Waals surface area contributed by atoms with Crippen LogP contribution in [0.3, 0.4) is 0 Å². The summed E-state index contributed by atoms with van der Waals surface area (Å²) in [6.45, 7) is 7.37. The van der Waals surface area contributed by atoms with Gasteiger partial charge >= 0.3 is 0 Å². The first-order valence-corrected chi connectivity index (χ1v) is 11.9. The zero-order valence-corrected chi connectivity index (χ0v) is 19.4. The van der Waals surface area contributed by atoms with Gasteiger partial charge in [0.1, 0.15) is 0 Å². The minimum absolute atomic E-state index is 0.454. The first kappa shape index (κ1) is 22.3. The molecular formula is C26H34BrNO. The van der Waals surface area contributed by atoms with E-state index in [2.05, 4.69) is 83.2 Å². The Bertz CT molecular complexity index is 913. The van der Waals surface area contributed by atoms with Gasteiger partial charge in [-0.15, -0.1) is 0 Å². The van der Waals surface area contributed by atoms with E-state index in [4.69, 9.17) is 0 Å². The minimum Gasteiger partial charge on any atom is -0.387 e. The topological polar surface area (TPSA) is 23.5 Å². The molecule has 0 aromatic heterocycles. The van der Waals surface area contributed by atoms with Crippen LogP contribution in [0, 0.1) is 0 Å². The van der Waals surface area contributed by atoms with Crippen LogP contribution in [0.5, 0.6) is 0 Å². The molecule has 1 N–H and O–H groups in total. The number of aliphatic hydroxyl groups is 1. The molecule has 0 spiro atoms. The molecule has 0 amide bonds. The van der Waals surface area contributed by atoms with E-state index in [1.165, 1.54) is 60.1 Å². The van der Waals surface area contributed by atoms with E-state index in [1.54, 1.807) is 0 Å². The zero-order valence-electron chi connectivity index (χ0n) is 17.8. The molecule has 0 radical (unpaired) electrons. The summed E-state index contributed by atoms with van der Waals surface area (Å²) in [4.78, 5) is 2.46. The molecule has 0 heterocycles. The normalized spacial score (nSPS) is 12.9. The Kier molecular flexibility index (Phi) is 8.53. The fourth-order valence-corrected chi connectivity index (χ4v) is 4.69. The number of hydrogen-bond donors (Lipinski definition) is 1. The second kappa shape index (κ2) is 11.1. The Morgan fingerprint density at radius 1 is 0.828 bits per heavy atom. The van der Waals surface area contributed by atoms with Crippen molar-refractivity contribution >= 4 is 37.5 Å². The Labute approximate surface area is 184 Å². The number of halogens is 1. The maximum Gasteiger partial charge on any atom is 0.0917 e. The monoisotopic (exact) mass is 455 g/mol. The molecular weight excluding hydrogens is 422 g/mol. The Balaban J connectivity index is 1.81. The third kappa shape index (κ3) is 5.81. The van der Waals surface area contributed by atoms with E-state index in [0.29, 0.717) is 6.54 Å². The van der Waals surface area contributed by atoms with Crippen LogP contribution in [0.25, 0.3) is 21.5 Å². The molecule has 29 heavy (non-hydrogen) atoms. The van der Waals surface area contributed by atoms with Gasteiger partial charge in [-0.05, 0) is 65.2 Å². The highest BCUT2D eigenvalue weighted by Crippen LogP contribution is 2.33. The van der Waals surface area contributed by atoms with Crippen molar-refractivity contribution in [3.8, 4) is 0 Å². The molecule has 1 atom stereocenters. The van der Waals surface area contributed by atoms with Crippen LogP contribution >= 0.6 is 15.9 Å². The molecule has 0 aliphatic rings. The van der Waals surface area contributed by atoms with Gasteiger partial charge in [-0.2, -0.15) is 0 Å². The summed E-state index contributed by atoms with van der Waals surface area (Å²) in [7, 11) is 0. The van der Waals surface area contributed by atoms with Crippen molar-refractivity contribution in [2.45, 2.75) is 58.5 Å². The molecule has 0 saturated carbocycles. The summed E-state index contributed by atoms with van der Waals surface area (Å²) in [5.74, 6) is 0. The van der Waals surface area contributed by atoms with E-state index in [9.17, 15) is 5.11 Å². The average molecular weight is 456 g/mol. The fourth-order valence-electron chi connectivity index (χ4n) is 4.10. The summed E-state index contributed by atoms with van der Waals surface area (Å²) in [5.41, 5.74) is 1.01. The van der Waals surface area contributed by atoms with Gasteiger partial charge in [0.25, 0.3) is 0 Å². The molecule has 3 heteroatoms. The average Bonchev–Trinajstić information content (AvgIpc) is 2.74. The first-order valence-electron chi connectivity index (χ1n) is 11.1. The smallest absolute Gasteiger partial charge is 0.0917 e. The van der Waals surface area contributed by atoms with E-state index >= 15 is 0 Å². The van der Waals surface area contributed by atoms with Gasteiger partial charge in [-0.1, -0.05) is 91.9 Å². The van der Waals surface area contributed by atoms with E-state index in [1.807, 2.05) is 0 Å². The summed E-state index contributed by atoms with van der Waals surface area (Å²) >= 11 is 3.70. The summed E-state index contributed by atoms with van der Waals surface area (Å²) in [6.07, 6.45) is 6.97. The highest BCUT2D eigenvalue weighted by Gasteiger charge is 2.15. The summed E-state index contributed by atoms with van der Waals surface area (Å²) in [6, 6.07) is 17.1. The van der Waals surface area contributed by atoms with Crippen molar-refractivity contribution in [1.82, 2.24) is 4.90 Å². The molecule has 0 aliphatic carbocycles. The van der Waals surface area contributed by atoms with Crippen molar-refractivity contribution in [3.05, 3.63) is 58.6 Å². The predicted molar refractivity (Wildman–Crippen MR) is 130 cm³/mol. The van der Waals surface area contributed by atoms with Crippen molar-refractivity contribution in [3.63, 3.8) is 0 Å². The van der Waals surface area contributed by atoms with Gasteiger partial charge in [-0.25, -0.2) is 0 Å². The minimum atomic E-state index is -0.454. The molecule has 3 rings (SSSR count). The van der Waals surface area contributed by atoms with Gasteiger partial charge in [0.05, 0.1) is 6.10 Å². The summed E-state index contributed by atoms with van der Waals surface area (Å²) in [5, 5.41) is 15.9. The largest absolute Gasteiger partial charge is 0.387 e. The second-order valence-electron chi connectivity index (χ2n) is 8.12. The van der Waals surface area contributed by atoms with Crippen LogP contribution < -0.4 is 0 Å². The van der Waals surface area contributed by atoms with Crippen molar-refractivity contribution in [2.24, 2.45) is 0 Å². The third-order valence-electron chi connectivity index (χ3n) is 5.81. The summed E-state index contributed by atoms with van der Waals surface area (Å²) < 4.78 is 1.12. The van der Waals surface area contributed by atoms with E-state index in [-0.39, 0.29) is 0 Å². The maximum atomic E-state index is 11.0. The Hall–Kier alpha value is -1.42. The number of rotatable bonds is 11. The molecule has 3 aromatic carbocycles.